The molecule has 19 heavy (non-hydrogen) atoms. The molecule has 0 radical (unpaired) electrons. The van der Waals surface area contributed by atoms with E-state index in [9.17, 15) is 14.3 Å². The Morgan fingerprint density at radius 1 is 1.32 bits per heavy atom. The monoisotopic (exact) mass is 281 g/mol. The normalized spacial score (nSPS) is 15.4. The molecule has 0 aliphatic carbocycles. The van der Waals surface area contributed by atoms with Crippen LogP contribution in [-0.2, 0) is 9.09 Å². The van der Waals surface area contributed by atoms with E-state index in [1.807, 2.05) is 0 Å². The zero-order valence-corrected chi connectivity index (χ0v) is 11.9. The largest absolute Gasteiger partial charge is 0.399 e. The predicted molar refractivity (Wildman–Crippen MR) is 73.3 cm³/mol. The van der Waals surface area contributed by atoms with Crippen LogP contribution in [0.4, 0.5) is 0 Å². The van der Waals surface area contributed by atoms with Gasteiger partial charge in [-0.05, 0) is 45.0 Å². The summed E-state index contributed by atoms with van der Waals surface area (Å²) in [6.07, 6.45) is 1.74. The summed E-state index contributed by atoms with van der Waals surface area (Å²) in [5.74, 6) is 0. The summed E-state index contributed by atoms with van der Waals surface area (Å²) in [5, 5.41) is 0.807. The van der Waals surface area contributed by atoms with Gasteiger partial charge in [-0.25, -0.2) is 0 Å². The number of hydrogen-bond acceptors (Lipinski definition) is 3. The maximum atomic E-state index is 12.1. The zero-order valence-electron chi connectivity index (χ0n) is 11.0. The molecular weight excluding hydrogens is 265 g/mol. The zero-order chi connectivity index (χ0) is 14.3. The number of carbonyl (C=O) groups excluding carboxylic acids is 1. The number of hydrogen-bond donors (Lipinski definition) is 2. The number of H-pyrrole nitrogens is 1. The molecule has 2 aromatic rings. The molecule has 1 unspecified atom stereocenters. The van der Waals surface area contributed by atoms with Gasteiger partial charge in [0.15, 0.2) is 0 Å². The minimum absolute atomic E-state index is 0.169. The minimum atomic E-state index is -4.34. The maximum Gasteiger partial charge on any atom is 0.399 e. The van der Waals surface area contributed by atoms with Gasteiger partial charge in [-0.1, -0.05) is 0 Å². The van der Waals surface area contributed by atoms with Gasteiger partial charge in [-0.2, -0.15) is 0 Å². The van der Waals surface area contributed by atoms with E-state index in [4.69, 9.17) is 4.52 Å². The highest BCUT2D eigenvalue weighted by Crippen LogP contribution is 2.49. The Bertz CT molecular complexity index is 669. The van der Waals surface area contributed by atoms with E-state index in [1.54, 1.807) is 45.2 Å². The molecule has 0 bridgehead atoms. The lowest BCUT2D eigenvalue weighted by molar-refractivity contribution is 0.0866. The van der Waals surface area contributed by atoms with Gasteiger partial charge in [0.05, 0.1) is 5.60 Å². The maximum absolute atomic E-state index is 12.1. The number of carbonyl (C=O) groups is 1. The van der Waals surface area contributed by atoms with Crippen LogP contribution < -0.4 is 0 Å². The number of nitrogens with one attached hydrogen (secondary N) is 1. The lowest BCUT2D eigenvalue weighted by atomic mass is 10.2. The molecule has 1 heterocycles. The van der Waals surface area contributed by atoms with Crippen molar-refractivity contribution in [3.05, 3.63) is 36.0 Å². The van der Waals surface area contributed by atoms with E-state index in [2.05, 4.69) is 4.98 Å². The fourth-order valence-electron chi connectivity index (χ4n) is 1.76. The van der Waals surface area contributed by atoms with E-state index in [0.717, 1.165) is 10.9 Å². The van der Waals surface area contributed by atoms with Gasteiger partial charge in [-0.15, -0.1) is 0 Å². The van der Waals surface area contributed by atoms with Crippen molar-refractivity contribution >= 4 is 24.0 Å². The first kappa shape index (κ1) is 14.0. The smallest absolute Gasteiger partial charge is 0.361 e. The van der Waals surface area contributed by atoms with Crippen LogP contribution in [0.5, 0.6) is 0 Å². The molecule has 2 rings (SSSR count). The van der Waals surface area contributed by atoms with Crippen LogP contribution >= 0.6 is 7.60 Å². The van der Waals surface area contributed by atoms with Gasteiger partial charge >= 0.3 is 7.60 Å². The van der Waals surface area contributed by atoms with Crippen molar-refractivity contribution in [2.45, 2.75) is 26.4 Å². The molecule has 0 fully saturated rings. The molecular formula is C13H16NO4P. The SMILES string of the molecule is CC(C)(C)OP(=O)(O)C(=O)c1ccc2[nH]ccc2c1. The molecule has 0 aliphatic rings. The van der Waals surface area contributed by atoms with Crippen molar-refractivity contribution in [1.82, 2.24) is 4.98 Å². The van der Waals surface area contributed by atoms with Gasteiger partial charge in [0.25, 0.3) is 5.52 Å². The van der Waals surface area contributed by atoms with Crippen LogP contribution in [0.2, 0.25) is 0 Å². The minimum Gasteiger partial charge on any atom is -0.361 e. The number of aromatic nitrogens is 1. The van der Waals surface area contributed by atoms with Crippen LogP contribution in [0.3, 0.4) is 0 Å². The Labute approximate surface area is 111 Å². The predicted octanol–water partition coefficient (Wildman–Crippen LogP) is 3.31. The molecule has 1 aromatic heterocycles. The second-order valence-corrected chi connectivity index (χ2v) is 6.94. The topological polar surface area (TPSA) is 79.4 Å². The molecule has 0 amide bonds. The summed E-state index contributed by atoms with van der Waals surface area (Å²) in [6.45, 7) is 4.87. The van der Waals surface area contributed by atoms with E-state index in [1.165, 1.54) is 6.07 Å². The summed E-state index contributed by atoms with van der Waals surface area (Å²) < 4.78 is 17.0. The number of aromatic amines is 1. The van der Waals surface area contributed by atoms with Crippen LogP contribution in [0.15, 0.2) is 30.5 Å². The Hall–Kier alpha value is -1.42. The van der Waals surface area contributed by atoms with Gasteiger partial charge in [-0.3, -0.25) is 13.9 Å². The van der Waals surface area contributed by atoms with E-state index in [-0.39, 0.29) is 5.56 Å². The number of rotatable bonds is 3. The molecule has 102 valence electrons. The van der Waals surface area contributed by atoms with Crippen molar-refractivity contribution in [2.24, 2.45) is 0 Å². The Morgan fingerprint density at radius 2 is 2.00 bits per heavy atom. The van der Waals surface area contributed by atoms with Crippen molar-refractivity contribution < 1.29 is 18.8 Å². The standard InChI is InChI=1S/C13H16NO4P/c1-13(2,3)18-19(16,17)12(15)10-4-5-11-9(8-10)6-7-14-11/h4-8,14H,1-3H3,(H,16,17). The van der Waals surface area contributed by atoms with Crippen molar-refractivity contribution in [1.29, 1.82) is 0 Å². The number of benzene rings is 1. The Balaban J connectivity index is 2.35. The Morgan fingerprint density at radius 3 is 2.63 bits per heavy atom. The molecule has 0 saturated carbocycles. The average molecular weight is 281 g/mol. The highest BCUT2D eigenvalue weighted by Gasteiger charge is 2.36. The highest BCUT2D eigenvalue weighted by atomic mass is 31.2. The second kappa shape index (κ2) is 4.60. The highest BCUT2D eigenvalue weighted by molar-refractivity contribution is 7.71. The van der Waals surface area contributed by atoms with Crippen LogP contribution in [0.1, 0.15) is 31.1 Å². The van der Waals surface area contributed by atoms with Crippen LogP contribution in [0, 0.1) is 0 Å². The molecule has 6 heteroatoms. The molecule has 0 spiro atoms. The summed E-state index contributed by atoms with van der Waals surface area (Å²) in [6, 6.07) is 6.57. The average Bonchev–Trinajstić information content (AvgIpc) is 2.71. The fraction of sp³-hybridized carbons (Fsp3) is 0.308. The third kappa shape index (κ3) is 3.13. The molecule has 0 aliphatic heterocycles. The summed E-state index contributed by atoms with van der Waals surface area (Å²) in [5.41, 5.74) is -0.716. The summed E-state index contributed by atoms with van der Waals surface area (Å²) in [7, 11) is -4.34. The third-order valence-electron chi connectivity index (χ3n) is 2.45. The molecule has 0 saturated heterocycles. The molecule has 1 atom stereocenters. The molecule has 2 N–H and O–H groups in total. The lowest BCUT2D eigenvalue weighted by Crippen LogP contribution is -2.20. The fourth-order valence-corrected chi connectivity index (χ4v) is 3.05. The van der Waals surface area contributed by atoms with Gasteiger partial charge in [0, 0.05) is 22.7 Å². The van der Waals surface area contributed by atoms with E-state index < -0.39 is 18.7 Å². The van der Waals surface area contributed by atoms with Crippen LogP contribution in [0.25, 0.3) is 10.9 Å². The molecule has 1 aromatic carbocycles. The van der Waals surface area contributed by atoms with Gasteiger partial charge < -0.3 is 9.88 Å². The van der Waals surface area contributed by atoms with Crippen molar-refractivity contribution in [2.75, 3.05) is 0 Å². The van der Waals surface area contributed by atoms with Gasteiger partial charge in [0.2, 0.25) is 0 Å². The van der Waals surface area contributed by atoms with E-state index >= 15 is 0 Å². The van der Waals surface area contributed by atoms with Crippen LogP contribution in [-0.4, -0.2) is 21.0 Å². The summed E-state index contributed by atoms with van der Waals surface area (Å²) in [4.78, 5) is 24.8. The summed E-state index contributed by atoms with van der Waals surface area (Å²) >= 11 is 0. The quantitative estimate of drug-likeness (QED) is 0.846. The van der Waals surface area contributed by atoms with Gasteiger partial charge in [0.1, 0.15) is 0 Å². The van der Waals surface area contributed by atoms with Crippen molar-refractivity contribution in [3.8, 4) is 0 Å². The first-order valence-electron chi connectivity index (χ1n) is 5.85. The second-order valence-electron chi connectivity index (χ2n) is 5.31. The first-order chi connectivity index (χ1) is 8.69. The first-order valence-corrected chi connectivity index (χ1v) is 7.42. The Kier molecular flexibility index (Phi) is 3.39. The third-order valence-corrected chi connectivity index (χ3v) is 4.02. The molecule has 5 nitrogen and oxygen atoms in total. The number of fused-ring (bicyclic) bond motifs is 1. The van der Waals surface area contributed by atoms with E-state index in [0.29, 0.717) is 0 Å². The lowest BCUT2D eigenvalue weighted by Gasteiger charge is -2.22. The van der Waals surface area contributed by atoms with Crippen molar-refractivity contribution in [3.63, 3.8) is 0 Å².